The van der Waals surface area contributed by atoms with Crippen molar-refractivity contribution < 1.29 is 18.8 Å². The van der Waals surface area contributed by atoms with Crippen molar-refractivity contribution in [3.05, 3.63) is 384 Å². The van der Waals surface area contributed by atoms with Gasteiger partial charge in [0.05, 0.1) is 99.9 Å². The molecule has 0 fully saturated rings. The second-order valence-electron chi connectivity index (χ2n) is 49.7. The molecule has 0 aliphatic carbocycles. The molecule has 148 heavy (non-hydrogen) atoms. The topological polar surface area (TPSA) is 65.2 Å². The summed E-state index contributed by atoms with van der Waals surface area (Å²) in [5.41, 5.74) is 38.2. The van der Waals surface area contributed by atoms with E-state index in [1.54, 1.807) is 18.8 Å². The van der Waals surface area contributed by atoms with E-state index in [9.17, 15) is 0 Å². The number of fused-ring (bicyclic) bond motifs is 20. The maximum atomic E-state index is 5.56. The van der Waals surface area contributed by atoms with Gasteiger partial charge in [-0.25, -0.2) is 0 Å². The Balaban J connectivity index is 0.00000581. The molecule has 25 aromatic rings. The monoisotopic (exact) mass is 2130 g/mol. The predicted octanol–water partition coefficient (Wildman–Crippen LogP) is 37.1. The van der Waals surface area contributed by atoms with Gasteiger partial charge in [-0.3, -0.25) is 9.97 Å². The third-order valence-electron chi connectivity index (χ3n) is 31.6. The molecule has 0 saturated heterocycles. The Labute approximate surface area is 882 Å². The van der Waals surface area contributed by atoms with E-state index in [-0.39, 0.29) is 43.3 Å². The summed E-state index contributed by atoms with van der Waals surface area (Å²) < 4.78 is 19.6. The Morgan fingerprint density at radius 1 is 0.169 bits per heavy atom. The Hall–Kier alpha value is -14.5. The van der Waals surface area contributed by atoms with E-state index in [2.05, 4.69) is 552 Å². The molecule has 25 rings (SSSR count). The van der Waals surface area contributed by atoms with Gasteiger partial charge in [-0.05, 0) is 330 Å². The third-order valence-corrected chi connectivity index (χ3v) is 31.6. The second kappa shape index (κ2) is 34.0. The fourth-order valence-corrected chi connectivity index (χ4v) is 23.2. The minimum atomic E-state index is -0.0365. The molecular formula is C136H127ClN10Pt. The van der Waals surface area contributed by atoms with Crippen LogP contribution in [0.25, 0.3) is 221 Å². The molecule has 0 aliphatic rings. The summed E-state index contributed by atoms with van der Waals surface area (Å²) in [4.78, 5) is 11.1. The summed E-state index contributed by atoms with van der Waals surface area (Å²) in [5, 5.41) is 14.8. The number of nitrogens with zero attached hydrogens (tertiary/aromatic N) is 10. The van der Waals surface area contributed by atoms with Crippen molar-refractivity contribution >= 4 is 162 Å². The van der Waals surface area contributed by atoms with Crippen LogP contribution < -0.4 is 0 Å². The van der Waals surface area contributed by atoms with Crippen molar-refractivity contribution in [1.82, 2.24) is 46.5 Å². The Morgan fingerprint density at radius 2 is 0.331 bits per heavy atom. The van der Waals surface area contributed by atoms with Crippen LogP contribution >= 0.6 is 9.42 Å². The second-order valence-corrected chi connectivity index (χ2v) is 49.7. The molecular weight excluding hydrogens is 2000 g/mol. The van der Waals surface area contributed by atoms with Gasteiger partial charge in [-0.2, -0.15) is 0 Å². The summed E-state index contributed by atoms with van der Waals surface area (Å²) in [6.45, 7) is 55.7. The molecule has 0 unspecified atom stereocenters. The van der Waals surface area contributed by atoms with E-state index in [0.29, 0.717) is 0 Å². The first-order chi connectivity index (χ1) is 70.4. The molecule has 0 bridgehead atoms. The van der Waals surface area contributed by atoms with Crippen LogP contribution in [0.15, 0.2) is 334 Å². The van der Waals surface area contributed by atoms with E-state index in [0.717, 1.165) is 134 Å². The summed E-state index contributed by atoms with van der Waals surface area (Å²) in [5.74, 6) is 1.55. The summed E-state index contributed by atoms with van der Waals surface area (Å²) >= 11 is 1.61. The quantitative estimate of drug-likeness (QED) is 0.128. The van der Waals surface area contributed by atoms with Gasteiger partial charge in [0.2, 0.25) is 0 Å². The molecule has 12 heteroatoms. The zero-order chi connectivity index (χ0) is 103. The van der Waals surface area contributed by atoms with Gasteiger partial charge in [0.1, 0.15) is 0 Å². The SMILES string of the molecule is CC(C)(C)c1ccc2c(c1)c1cc(C(C)(C)C)ccc1n2-c1ccc2c(c1)c1cc(-n3c4ccc(C(C)(C)C)cc4c4cc(C(C)(C)C)ccc43)ccc1n2-c1ccc(-n2c(-c3[c-]c(-c4nc5ccccc5n4-c4ccc(-n5c6ccc(-n7c8ccc(C(C)(C)C)cc8c8cc(C(C)(C)C)ccc87)cc6c6cc(-n7c8ccc(C(C)(C)C)cc8c8cc(C(C)(C)C)ccc87)ccc65)cc4)ccc3)nc3ccccc32)cc1.[Cl][Pt+]. The van der Waals surface area contributed by atoms with Crippen LogP contribution in [0.4, 0.5) is 0 Å². The van der Waals surface area contributed by atoms with Gasteiger partial charge in [0, 0.05) is 110 Å². The van der Waals surface area contributed by atoms with E-state index in [1.807, 2.05) is 0 Å². The molecule has 17 aromatic carbocycles. The maximum absolute atomic E-state index is 5.56. The number of benzene rings is 17. The number of hydrogen-bond acceptors (Lipinski definition) is 2. The van der Waals surface area contributed by atoms with Gasteiger partial charge in [-0.1, -0.05) is 250 Å². The van der Waals surface area contributed by atoms with Crippen molar-refractivity contribution in [1.29, 1.82) is 0 Å². The predicted molar refractivity (Wildman–Crippen MR) is 627 cm³/mol. The van der Waals surface area contributed by atoms with Crippen LogP contribution in [-0.2, 0) is 62.1 Å². The van der Waals surface area contributed by atoms with Crippen molar-refractivity contribution in [3.8, 4) is 68.3 Å². The van der Waals surface area contributed by atoms with Gasteiger partial charge in [0.15, 0.2) is 0 Å². The first kappa shape index (κ1) is 95.7. The fraction of sp³-hybridized carbons (Fsp3) is 0.235. The third kappa shape index (κ3) is 15.7. The van der Waals surface area contributed by atoms with Crippen LogP contribution in [0.5, 0.6) is 0 Å². The molecule has 8 heterocycles. The first-order valence-corrected chi connectivity index (χ1v) is 55.1. The number of imidazole rings is 2. The van der Waals surface area contributed by atoms with Gasteiger partial charge in [-0.15, -0.1) is 24.3 Å². The average Bonchev–Trinajstić information content (AvgIpc) is 1.56. The van der Waals surface area contributed by atoms with Crippen molar-refractivity contribution in [2.24, 2.45) is 0 Å². The van der Waals surface area contributed by atoms with Gasteiger partial charge < -0.3 is 36.5 Å². The molecule has 0 spiro atoms. The van der Waals surface area contributed by atoms with Crippen LogP contribution in [-0.4, -0.2) is 46.5 Å². The van der Waals surface area contributed by atoms with E-state index >= 15 is 0 Å². The zero-order valence-corrected chi connectivity index (χ0v) is 92.4. The molecule has 10 nitrogen and oxygen atoms in total. The number of halogens is 1. The first-order valence-electron chi connectivity index (χ1n) is 52.3. The molecule has 8 aromatic heterocycles. The molecule has 0 N–H and O–H groups in total. The van der Waals surface area contributed by atoms with Gasteiger partial charge >= 0.3 is 28.2 Å². The standard InChI is InChI=1S/C136H127N10.ClH.Pt/c1-129(2,3)83-36-56-113-99(69-83)100-70-84(130(4,5)6)37-57-114(100)141(113)95-52-64-121-107(77-95)108-78-96(142-115-58-38-85(131(7,8)9)71-101(115)102-72-86(132(10,11)12)39-59-116(102)142)53-65-122(108)139(121)91-44-48-93(49-45-91)145-125-34-27-25-32-111(125)137-127(145)81-30-29-31-82(68-81)128-138-112-33-26-28-35-126(112)146(128)94-50-46-92(47-51-94)140-123-66-54-97(143-117-60-40-87(133(13,14)15)73-103(117)104-74-88(134(16,17)18)41-61-118(104)143)79-109(123)110-80-98(55-67-124(110)140)144-119-62-42-89(135(19,20)21)75-105(119)106-76-90(136(22,23)24)43-63-120(106)144;;/h25-67,69-80H,1-24H3;1H;/q-1;;+2/p-1. The minimum absolute atomic E-state index is 0.0365. The Bertz CT molecular complexity index is 8550. The number of hydrogen-bond donors (Lipinski definition) is 0. The van der Waals surface area contributed by atoms with Crippen molar-refractivity contribution in [2.45, 2.75) is 209 Å². The molecule has 0 radical (unpaired) electrons. The van der Waals surface area contributed by atoms with Crippen LogP contribution in [0.1, 0.15) is 211 Å². The summed E-state index contributed by atoms with van der Waals surface area (Å²) in [6.07, 6.45) is 0. The van der Waals surface area contributed by atoms with E-state index < -0.39 is 0 Å². The normalized spacial score (nSPS) is 13.1. The van der Waals surface area contributed by atoms with Crippen molar-refractivity contribution in [3.63, 3.8) is 0 Å². The number of rotatable bonds is 10. The molecule has 0 saturated carbocycles. The molecule has 0 atom stereocenters. The zero-order valence-electron chi connectivity index (χ0n) is 89.4. The van der Waals surface area contributed by atoms with Crippen molar-refractivity contribution in [2.75, 3.05) is 0 Å². The Kier molecular flexibility index (Phi) is 22.0. The molecule has 0 amide bonds. The average molecular weight is 2130 g/mol. The van der Waals surface area contributed by atoms with Crippen LogP contribution in [0.3, 0.4) is 0 Å². The Morgan fingerprint density at radius 3 is 0.527 bits per heavy atom. The number of para-hydroxylation sites is 4. The number of aromatic nitrogens is 10. The van der Waals surface area contributed by atoms with Crippen LogP contribution in [0, 0.1) is 6.07 Å². The summed E-state index contributed by atoms with van der Waals surface area (Å²) in [7, 11) is 4.61. The van der Waals surface area contributed by atoms with E-state index in [1.165, 1.54) is 132 Å². The van der Waals surface area contributed by atoms with Gasteiger partial charge in [0.25, 0.3) is 0 Å². The molecule has 0 aliphatic heterocycles. The molecule has 738 valence electrons. The fourth-order valence-electron chi connectivity index (χ4n) is 23.2. The van der Waals surface area contributed by atoms with E-state index in [4.69, 9.17) is 9.97 Å². The summed E-state index contributed by atoms with van der Waals surface area (Å²) in [6, 6.07) is 132. The van der Waals surface area contributed by atoms with Crippen LogP contribution in [0.2, 0.25) is 0 Å².